The predicted molar refractivity (Wildman–Crippen MR) is 197 cm³/mol. The van der Waals surface area contributed by atoms with E-state index in [9.17, 15) is 0 Å². The zero-order valence-corrected chi connectivity index (χ0v) is 26.1. The van der Waals surface area contributed by atoms with Crippen molar-refractivity contribution in [2.75, 3.05) is 0 Å². The molecule has 0 saturated heterocycles. The number of hydrogen-bond acceptors (Lipinski definition) is 4. The van der Waals surface area contributed by atoms with Gasteiger partial charge in [0.2, 0.25) is 5.95 Å². The van der Waals surface area contributed by atoms with E-state index in [0.717, 1.165) is 66.4 Å². The van der Waals surface area contributed by atoms with Crippen molar-refractivity contribution in [3.05, 3.63) is 152 Å². The first-order valence-electron chi connectivity index (χ1n) is 16.4. The van der Waals surface area contributed by atoms with Crippen LogP contribution in [-0.2, 0) is 0 Å². The Bertz CT molecular complexity index is 2900. The van der Waals surface area contributed by atoms with Gasteiger partial charge in [0.15, 0.2) is 23.1 Å². The van der Waals surface area contributed by atoms with E-state index >= 15 is 0 Å². The van der Waals surface area contributed by atoms with Gasteiger partial charge < -0.3 is 9.30 Å². The number of rotatable bonds is 3. The number of benzene rings is 7. The Labute approximate surface area is 280 Å². The topological polar surface area (TPSA) is 57.8 Å². The van der Waals surface area contributed by atoms with Gasteiger partial charge in [-0.3, -0.25) is 4.57 Å². The fourth-order valence-corrected chi connectivity index (χ4v) is 7.54. The molecule has 0 fully saturated rings. The van der Waals surface area contributed by atoms with Crippen LogP contribution in [0, 0.1) is 0 Å². The molecule has 49 heavy (non-hydrogen) atoms. The van der Waals surface area contributed by atoms with Crippen LogP contribution < -0.4 is 4.74 Å². The van der Waals surface area contributed by atoms with Crippen molar-refractivity contribution in [2.24, 2.45) is 0 Å². The summed E-state index contributed by atoms with van der Waals surface area (Å²) in [4.78, 5) is 15.1. The van der Waals surface area contributed by atoms with E-state index in [1.54, 1.807) is 0 Å². The Kier molecular flexibility index (Phi) is 5.29. The highest BCUT2D eigenvalue weighted by Gasteiger charge is 2.25. The average molecular weight is 628 g/mol. The Morgan fingerprint density at radius 1 is 0.408 bits per heavy atom. The van der Waals surface area contributed by atoms with Crippen molar-refractivity contribution in [3.63, 3.8) is 0 Å². The second-order valence-corrected chi connectivity index (χ2v) is 12.5. The first kappa shape index (κ1) is 26.3. The molecular formula is C43H25N5O. The normalized spacial score (nSPS) is 12.2. The maximum absolute atomic E-state index is 6.64. The summed E-state index contributed by atoms with van der Waals surface area (Å²) < 4.78 is 11.2. The molecule has 0 bridgehead atoms. The summed E-state index contributed by atoms with van der Waals surface area (Å²) in [5.41, 5.74) is 7.23. The van der Waals surface area contributed by atoms with Crippen LogP contribution in [0.15, 0.2) is 152 Å². The second kappa shape index (κ2) is 9.86. The van der Waals surface area contributed by atoms with Gasteiger partial charge in [0.1, 0.15) is 0 Å². The van der Waals surface area contributed by atoms with E-state index in [1.165, 1.54) is 16.3 Å². The van der Waals surface area contributed by atoms with E-state index in [0.29, 0.717) is 17.6 Å². The van der Waals surface area contributed by atoms with Gasteiger partial charge in [0.05, 0.1) is 27.8 Å². The molecule has 1 aliphatic heterocycles. The van der Waals surface area contributed by atoms with Gasteiger partial charge in [-0.2, -0.15) is 9.97 Å². The molecular weight excluding hydrogens is 603 g/mol. The molecule has 228 valence electrons. The molecule has 0 N–H and O–H groups in total. The zero-order chi connectivity index (χ0) is 32.1. The van der Waals surface area contributed by atoms with E-state index in [2.05, 4.69) is 100 Å². The summed E-state index contributed by atoms with van der Waals surface area (Å²) in [5, 5.41) is 6.88. The maximum Gasteiger partial charge on any atom is 0.238 e. The molecule has 0 unspecified atom stereocenters. The van der Waals surface area contributed by atoms with Crippen LogP contribution >= 0.6 is 0 Å². The number of nitrogens with zero attached hydrogens (tertiary/aromatic N) is 5. The molecule has 0 spiro atoms. The molecule has 0 radical (unpaired) electrons. The summed E-state index contributed by atoms with van der Waals surface area (Å²) in [5.74, 6) is 3.52. The Balaban J connectivity index is 1.19. The molecule has 0 saturated carbocycles. The summed E-state index contributed by atoms with van der Waals surface area (Å²) in [7, 11) is 0. The largest absolute Gasteiger partial charge is 0.453 e. The van der Waals surface area contributed by atoms with Gasteiger partial charge in [-0.1, -0.05) is 109 Å². The molecule has 7 aromatic carbocycles. The monoisotopic (exact) mass is 627 g/mol. The number of aromatic nitrogens is 5. The van der Waals surface area contributed by atoms with Crippen molar-refractivity contribution in [3.8, 4) is 45.9 Å². The molecule has 0 aliphatic carbocycles. The van der Waals surface area contributed by atoms with Crippen LogP contribution in [-0.4, -0.2) is 24.1 Å². The second-order valence-electron chi connectivity index (χ2n) is 12.5. The lowest BCUT2D eigenvalue weighted by Gasteiger charge is -2.21. The first-order chi connectivity index (χ1) is 24.3. The molecule has 3 aromatic heterocycles. The highest BCUT2D eigenvalue weighted by molar-refractivity contribution is 6.15. The lowest BCUT2D eigenvalue weighted by molar-refractivity contribution is 0.477. The van der Waals surface area contributed by atoms with Crippen molar-refractivity contribution in [2.45, 2.75) is 0 Å². The molecule has 0 atom stereocenters. The van der Waals surface area contributed by atoms with Crippen LogP contribution in [0.25, 0.3) is 88.8 Å². The third kappa shape index (κ3) is 3.79. The minimum absolute atomic E-state index is 0.572. The minimum Gasteiger partial charge on any atom is -0.453 e. The standard InChI is InChI=1S/C43H25N5O/c1-3-12-26(13-4-1)41-44-42(27-14-5-2-6-15-27)46-43(45-41)48-35-20-10-8-17-31(35)33-22-28-24-37-39(25-29(28)23-36(33)48)49-38-21-11-18-32-30-16-7-9-19-34(30)47(37)40(32)38/h1-25H. The van der Waals surface area contributed by atoms with Crippen LogP contribution in [0.2, 0.25) is 0 Å². The SMILES string of the molecule is c1ccc(-c2nc(-c3ccccc3)nc(-n3c4ccccc4c4cc5cc6c(cc5cc43)Oc3cccc4c5ccccc5n-6c34)n2)cc1. The molecule has 0 amide bonds. The van der Waals surface area contributed by atoms with Gasteiger partial charge in [0.25, 0.3) is 0 Å². The van der Waals surface area contributed by atoms with Gasteiger partial charge in [-0.15, -0.1) is 0 Å². The predicted octanol–water partition coefficient (Wildman–Crippen LogP) is 10.7. The molecule has 1 aliphatic rings. The zero-order valence-electron chi connectivity index (χ0n) is 26.1. The lowest BCUT2D eigenvalue weighted by Crippen LogP contribution is -2.06. The van der Waals surface area contributed by atoms with Crippen molar-refractivity contribution in [1.82, 2.24) is 24.1 Å². The van der Waals surface area contributed by atoms with E-state index in [1.807, 2.05) is 60.7 Å². The summed E-state index contributed by atoms with van der Waals surface area (Å²) >= 11 is 0. The average Bonchev–Trinajstić information content (AvgIpc) is 3.67. The van der Waals surface area contributed by atoms with E-state index in [-0.39, 0.29) is 0 Å². The number of fused-ring (bicyclic) bond motifs is 9. The van der Waals surface area contributed by atoms with Crippen molar-refractivity contribution < 1.29 is 4.74 Å². The van der Waals surface area contributed by atoms with Crippen molar-refractivity contribution in [1.29, 1.82) is 0 Å². The van der Waals surface area contributed by atoms with Crippen molar-refractivity contribution >= 4 is 54.4 Å². The summed E-state index contributed by atoms with van der Waals surface area (Å²) in [6, 6.07) is 52.6. The third-order valence-corrected chi connectivity index (χ3v) is 9.71. The van der Waals surface area contributed by atoms with Gasteiger partial charge in [0, 0.05) is 32.7 Å². The molecule has 6 nitrogen and oxygen atoms in total. The fourth-order valence-electron chi connectivity index (χ4n) is 7.54. The minimum atomic E-state index is 0.572. The highest BCUT2D eigenvalue weighted by Crippen LogP contribution is 2.47. The van der Waals surface area contributed by atoms with Gasteiger partial charge in [-0.25, -0.2) is 4.98 Å². The summed E-state index contributed by atoms with van der Waals surface area (Å²) in [6.45, 7) is 0. The number of para-hydroxylation sites is 3. The lowest BCUT2D eigenvalue weighted by atomic mass is 10.0. The third-order valence-electron chi connectivity index (χ3n) is 9.71. The Morgan fingerprint density at radius 3 is 1.71 bits per heavy atom. The van der Waals surface area contributed by atoms with Gasteiger partial charge >= 0.3 is 0 Å². The molecule has 10 aromatic rings. The smallest absolute Gasteiger partial charge is 0.238 e. The quantitative estimate of drug-likeness (QED) is 0.196. The fraction of sp³-hybridized carbons (Fsp3) is 0. The Hall–Kier alpha value is -6.79. The number of hydrogen-bond donors (Lipinski definition) is 0. The first-order valence-corrected chi connectivity index (χ1v) is 16.4. The number of ether oxygens (including phenoxy) is 1. The van der Waals surface area contributed by atoms with Gasteiger partial charge in [-0.05, 0) is 53.2 Å². The van der Waals surface area contributed by atoms with E-state index in [4.69, 9.17) is 19.7 Å². The van der Waals surface area contributed by atoms with Crippen LogP contribution in [0.3, 0.4) is 0 Å². The van der Waals surface area contributed by atoms with Crippen LogP contribution in [0.1, 0.15) is 0 Å². The molecule has 6 heteroatoms. The summed E-state index contributed by atoms with van der Waals surface area (Å²) in [6.07, 6.45) is 0. The Morgan fingerprint density at radius 2 is 1.00 bits per heavy atom. The maximum atomic E-state index is 6.64. The highest BCUT2D eigenvalue weighted by atomic mass is 16.5. The van der Waals surface area contributed by atoms with Crippen LogP contribution in [0.4, 0.5) is 0 Å². The molecule has 4 heterocycles. The molecule has 11 rings (SSSR count). The van der Waals surface area contributed by atoms with Crippen LogP contribution in [0.5, 0.6) is 11.5 Å². The van der Waals surface area contributed by atoms with E-state index < -0.39 is 0 Å².